The number of anilines is 1. The van der Waals surface area contributed by atoms with E-state index in [0.717, 1.165) is 44.2 Å². The lowest BCUT2D eigenvalue weighted by atomic mass is 9.89. The number of hydrogen-bond donors (Lipinski definition) is 1. The van der Waals surface area contributed by atoms with Crippen LogP contribution in [0.3, 0.4) is 0 Å². The summed E-state index contributed by atoms with van der Waals surface area (Å²) in [5, 5.41) is 2.98. The van der Waals surface area contributed by atoms with Gasteiger partial charge in [0.15, 0.2) is 11.5 Å². The Morgan fingerprint density at radius 3 is 2.43 bits per heavy atom. The fourth-order valence-corrected chi connectivity index (χ4v) is 4.42. The number of nitrogens with one attached hydrogen (secondary N) is 1. The summed E-state index contributed by atoms with van der Waals surface area (Å²) in [6.07, 6.45) is 8.15. The van der Waals surface area contributed by atoms with Gasteiger partial charge in [0.2, 0.25) is 5.91 Å². The molecule has 1 aromatic rings. The van der Waals surface area contributed by atoms with Gasteiger partial charge in [-0.3, -0.25) is 9.69 Å². The molecule has 3 rings (SSSR count). The number of amides is 1. The summed E-state index contributed by atoms with van der Waals surface area (Å²) in [5.41, 5.74) is 0.733. The first-order chi connectivity index (χ1) is 13.7. The molecule has 0 bridgehead atoms. The van der Waals surface area contributed by atoms with E-state index >= 15 is 0 Å². The Balaban J connectivity index is 1.45. The Labute approximate surface area is 169 Å². The minimum atomic E-state index is 0.0213. The average molecular weight is 390 g/mol. The van der Waals surface area contributed by atoms with Gasteiger partial charge in [-0.1, -0.05) is 19.3 Å². The van der Waals surface area contributed by atoms with Gasteiger partial charge in [-0.25, -0.2) is 0 Å². The van der Waals surface area contributed by atoms with Gasteiger partial charge < -0.3 is 19.7 Å². The molecule has 1 amide bonds. The van der Waals surface area contributed by atoms with Crippen molar-refractivity contribution in [3.8, 4) is 11.5 Å². The van der Waals surface area contributed by atoms with E-state index in [1.54, 1.807) is 20.3 Å². The minimum absolute atomic E-state index is 0.0213. The van der Waals surface area contributed by atoms with E-state index in [9.17, 15) is 4.79 Å². The molecule has 0 radical (unpaired) electrons. The lowest BCUT2D eigenvalue weighted by Gasteiger charge is -2.28. The Bertz CT molecular complexity index is 631. The zero-order chi connectivity index (χ0) is 19.8. The maximum absolute atomic E-state index is 12.5. The zero-order valence-corrected chi connectivity index (χ0v) is 17.4. The number of nitrogens with zero attached hydrogens (tertiary/aromatic N) is 2. The Hall–Kier alpha value is -1.79. The molecule has 0 atom stereocenters. The van der Waals surface area contributed by atoms with Gasteiger partial charge in [0.05, 0.1) is 20.8 Å². The lowest BCUT2D eigenvalue weighted by Crippen LogP contribution is -2.37. The molecule has 156 valence electrons. The molecular weight excluding hydrogens is 354 g/mol. The van der Waals surface area contributed by atoms with Crippen LogP contribution in [0, 0.1) is 5.92 Å². The van der Waals surface area contributed by atoms with E-state index in [4.69, 9.17) is 9.47 Å². The van der Waals surface area contributed by atoms with Crippen LogP contribution < -0.4 is 14.8 Å². The molecule has 1 saturated heterocycles. The summed E-state index contributed by atoms with van der Waals surface area (Å²) in [5.74, 6) is 2.18. The molecule has 28 heavy (non-hydrogen) atoms. The van der Waals surface area contributed by atoms with Crippen molar-refractivity contribution in [1.82, 2.24) is 9.80 Å². The number of methoxy groups -OCH3 is 2. The van der Waals surface area contributed by atoms with Crippen molar-refractivity contribution in [2.75, 3.05) is 58.8 Å². The third-order valence-corrected chi connectivity index (χ3v) is 5.96. The first-order valence-corrected chi connectivity index (χ1v) is 10.6. The van der Waals surface area contributed by atoms with Crippen LogP contribution in [-0.2, 0) is 4.79 Å². The Kier molecular flexibility index (Phi) is 7.98. The zero-order valence-electron chi connectivity index (χ0n) is 17.4. The molecule has 6 heteroatoms. The van der Waals surface area contributed by atoms with Crippen LogP contribution in [0.5, 0.6) is 11.5 Å². The normalized spacial score (nSPS) is 19.8. The molecule has 1 N–H and O–H groups in total. The summed E-state index contributed by atoms with van der Waals surface area (Å²) in [6.45, 7) is 5.86. The molecule has 6 nitrogen and oxygen atoms in total. The SMILES string of the molecule is COc1ccc(NC(=O)CN2CCCN(CC3CCCCC3)CC2)cc1OC. The quantitative estimate of drug-likeness (QED) is 0.776. The molecular formula is C22H35N3O3. The third kappa shape index (κ3) is 6.11. The monoisotopic (exact) mass is 389 g/mol. The minimum Gasteiger partial charge on any atom is -0.493 e. The molecule has 1 aliphatic carbocycles. The first kappa shape index (κ1) is 20.9. The molecule has 0 aromatic heterocycles. The van der Waals surface area contributed by atoms with Crippen molar-refractivity contribution in [3.63, 3.8) is 0 Å². The lowest BCUT2D eigenvalue weighted by molar-refractivity contribution is -0.117. The van der Waals surface area contributed by atoms with Gasteiger partial charge in [0, 0.05) is 31.4 Å². The molecule has 0 spiro atoms. The smallest absolute Gasteiger partial charge is 0.238 e. The van der Waals surface area contributed by atoms with Crippen molar-refractivity contribution >= 4 is 11.6 Å². The molecule has 1 saturated carbocycles. The van der Waals surface area contributed by atoms with E-state index in [1.165, 1.54) is 38.6 Å². The number of ether oxygens (including phenoxy) is 2. The van der Waals surface area contributed by atoms with Crippen LogP contribution in [0.15, 0.2) is 18.2 Å². The second-order valence-electron chi connectivity index (χ2n) is 8.05. The van der Waals surface area contributed by atoms with Crippen LogP contribution in [0.4, 0.5) is 5.69 Å². The van der Waals surface area contributed by atoms with E-state index in [1.807, 2.05) is 12.1 Å². The number of rotatable bonds is 7. The van der Waals surface area contributed by atoms with Crippen molar-refractivity contribution in [1.29, 1.82) is 0 Å². The van der Waals surface area contributed by atoms with Crippen molar-refractivity contribution in [2.24, 2.45) is 5.92 Å². The molecule has 0 unspecified atom stereocenters. The fraction of sp³-hybridized carbons (Fsp3) is 0.682. The summed E-state index contributed by atoms with van der Waals surface area (Å²) in [6, 6.07) is 5.45. The van der Waals surface area contributed by atoms with Crippen molar-refractivity contribution in [2.45, 2.75) is 38.5 Å². The predicted molar refractivity (Wildman–Crippen MR) is 112 cm³/mol. The number of hydrogen-bond acceptors (Lipinski definition) is 5. The van der Waals surface area contributed by atoms with E-state index in [-0.39, 0.29) is 5.91 Å². The van der Waals surface area contributed by atoms with Gasteiger partial charge in [0.25, 0.3) is 0 Å². The molecule has 1 aliphatic heterocycles. The van der Waals surface area contributed by atoms with Crippen LogP contribution in [0.1, 0.15) is 38.5 Å². The number of carbonyl (C=O) groups excluding carboxylic acids is 1. The average Bonchev–Trinajstić information content (AvgIpc) is 2.93. The molecule has 2 fully saturated rings. The van der Waals surface area contributed by atoms with Gasteiger partial charge in [-0.15, -0.1) is 0 Å². The second kappa shape index (κ2) is 10.7. The highest BCUT2D eigenvalue weighted by atomic mass is 16.5. The first-order valence-electron chi connectivity index (χ1n) is 10.6. The topological polar surface area (TPSA) is 54.0 Å². The van der Waals surface area contributed by atoms with Crippen molar-refractivity contribution < 1.29 is 14.3 Å². The highest BCUT2D eigenvalue weighted by molar-refractivity contribution is 5.92. The maximum atomic E-state index is 12.5. The predicted octanol–water partition coefficient (Wildman–Crippen LogP) is 3.23. The maximum Gasteiger partial charge on any atom is 0.238 e. The molecule has 1 heterocycles. The molecule has 2 aliphatic rings. The summed E-state index contributed by atoms with van der Waals surface area (Å²) in [7, 11) is 3.20. The summed E-state index contributed by atoms with van der Waals surface area (Å²) in [4.78, 5) is 17.4. The molecule has 1 aromatic carbocycles. The number of benzene rings is 1. The van der Waals surface area contributed by atoms with Crippen LogP contribution in [-0.4, -0.2) is 69.2 Å². The third-order valence-electron chi connectivity index (χ3n) is 5.96. The van der Waals surface area contributed by atoms with Gasteiger partial charge in [-0.05, 0) is 50.4 Å². The van der Waals surface area contributed by atoms with E-state index in [0.29, 0.717) is 18.0 Å². The van der Waals surface area contributed by atoms with Crippen LogP contribution >= 0.6 is 0 Å². The van der Waals surface area contributed by atoms with Gasteiger partial charge in [-0.2, -0.15) is 0 Å². The number of carbonyl (C=O) groups is 1. The van der Waals surface area contributed by atoms with E-state index < -0.39 is 0 Å². The Morgan fingerprint density at radius 2 is 1.68 bits per heavy atom. The standard InChI is InChI=1S/C22H35N3O3/c1-27-20-10-9-19(15-21(20)28-2)23-22(26)17-25-12-6-11-24(13-14-25)16-18-7-4-3-5-8-18/h9-10,15,18H,3-8,11-14,16-17H2,1-2H3,(H,23,26). The van der Waals surface area contributed by atoms with E-state index in [2.05, 4.69) is 15.1 Å². The summed E-state index contributed by atoms with van der Waals surface area (Å²) >= 11 is 0. The van der Waals surface area contributed by atoms with Crippen LogP contribution in [0.2, 0.25) is 0 Å². The second-order valence-corrected chi connectivity index (χ2v) is 8.05. The van der Waals surface area contributed by atoms with Crippen LogP contribution in [0.25, 0.3) is 0 Å². The highest BCUT2D eigenvalue weighted by Crippen LogP contribution is 2.29. The van der Waals surface area contributed by atoms with Gasteiger partial charge in [0.1, 0.15) is 0 Å². The van der Waals surface area contributed by atoms with Crippen molar-refractivity contribution in [3.05, 3.63) is 18.2 Å². The summed E-state index contributed by atoms with van der Waals surface area (Å²) < 4.78 is 10.6. The largest absolute Gasteiger partial charge is 0.493 e. The Morgan fingerprint density at radius 1 is 0.964 bits per heavy atom. The fourth-order valence-electron chi connectivity index (χ4n) is 4.42. The highest BCUT2D eigenvalue weighted by Gasteiger charge is 2.21. The van der Waals surface area contributed by atoms with Gasteiger partial charge >= 0.3 is 0 Å².